The molecule has 2 heterocycles. The number of likely N-dealkylation sites (tertiary alicyclic amines) is 1. The van der Waals surface area contributed by atoms with Crippen LogP contribution in [-0.2, 0) is 11.3 Å². The number of piperidine rings is 1. The second-order valence-electron chi connectivity index (χ2n) is 7.94. The number of halogens is 1. The van der Waals surface area contributed by atoms with Gasteiger partial charge in [-0.15, -0.1) is 0 Å². The van der Waals surface area contributed by atoms with Crippen LogP contribution in [0, 0.1) is 18.7 Å². The fourth-order valence-electron chi connectivity index (χ4n) is 3.69. The average Bonchev–Trinajstić information content (AvgIpc) is 3.21. The summed E-state index contributed by atoms with van der Waals surface area (Å²) in [6.45, 7) is 6.66. The number of nitrogens with one attached hydrogen (secondary N) is 2. The Balaban J connectivity index is 1.76. The van der Waals surface area contributed by atoms with E-state index in [9.17, 15) is 14.0 Å². The van der Waals surface area contributed by atoms with Gasteiger partial charge in [-0.1, -0.05) is 12.1 Å². The fraction of sp³-hybridized carbons (Fsp3) is 0.455. The van der Waals surface area contributed by atoms with Crippen LogP contribution in [0.3, 0.4) is 0 Å². The molecule has 0 saturated carbocycles. The maximum absolute atomic E-state index is 13.7. The molecule has 1 fully saturated rings. The molecule has 0 spiro atoms. The Morgan fingerprint density at radius 1 is 1.28 bits per heavy atom. The number of aryl methyl sites for hydroxylation is 1. The highest BCUT2D eigenvalue weighted by atomic mass is 19.1. The van der Waals surface area contributed by atoms with Gasteiger partial charge in [0.1, 0.15) is 11.6 Å². The Morgan fingerprint density at radius 3 is 2.72 bits per heavy atom. The van der Waals surface area contributed by atoms with Crippen LogP contribution < -0.4 is 10.6 Å². The largest absolute Gasteiger partial charge is 0.467 e. The molecule has 0 bridgehead atoms. The summed E-state index contributed by atoms with van der Waals surface area (Å²) in [5.74, 6) is -0.0967. The van der Waals surface area contributed by atoms with E-state index in [1.54, 1.807) is 36.3 Å². The molecule has 1 aromatic heterocycles. The van der Waals surface area contributed by atoms with E-state index < -0.39 is 0 Å². The van der Waals surface area contributed by atoms with Crippen molar-refractivity contribution in [2.75, 3.05) is 13.1 Å². The maximum Gasteiger partial charge on any atom is 0.317 e. The number of benzene rings is 1. The molecule has 6 nitrogen and oxygen atoms in total. The lowest BCUT2D eigenvalue weighted by atomic mass is 9.83. The van der Waals surface area contributed by atoms with E-state index in [0.29, 0.717) is 37.4 Å². The molecule has 2 N–H and O–H groups in total. The quantitative estimate of drug-likeness (QED) is 0.804. The summed E-state index contributed by atoms with van der Waals surface area (Å²) in [7, 11) is 0. The van der Waals surface area contributed by atoms with Gasteiger partial charge in [0.2, 0.25) is 5.91 Å². The van der Waals surface area contributed by atoms with Crippen LogP contribution in [0.25, 0.3) is 0 Å². The SMILES string of the molecule is Cc1cc([C@@H]2C[C@@H](C(=O)NCc3ccco3)CN(C(=O)NC(C)C)C2)ccc1F. The third-order valence-corrected chi connectivity index (χ3v) is 5.19. The van der Waals surface area contributed by atoms with Crippen molar-refractivity contribution in [3.63, 3.8) is 0 Å². The number of rotatable bonds is 5. The molecule has 2 atom stereocenters. The van der Waals surface area contributed by atoms with Crippen molar-refractivity contribution >= 4 is 11.9 Å². The molecular formula is C22H28FN3O3. The van der Waals surface area contributed by atoms with Crippen molar-refractivity contribution in [3.05, 3.63) is 59.3 Å². The molecule has 0 unspecified atom stereocenters. The normalized spacial score (nSPS) is 19.3. The zero-order valence-electron chi connectivity index (χ0n) is 17.1. The Morgan fingerprint density at radius 2 is 2.07 bits per heavy atom. The molecule has 3 rings (SSSR count). The van der Waals surface area contributed by atoms with Gasteiger partial charge in [-0.05, 0) is 56.5 Å². The zero-order valence-corrected chi connectivity index (χ0v) is 17.1. The van der Waals surface area contributed by atoms with E-state index >= 15 is 0 Å². The lowest BCUT2D eigenvalue weighted by Crippen LogP contribution is -2.52. The summed E-state index contributed by atoms with van der Waals surface area (Å²) in [6.07, 6.45) is 2.16. The number of nitrogens with zero attached hydrogens (tertiary/aromatic N) is 1. The lowest BCUT2D eigenvalue weighted by Gasteiger charge is -2.37. The minimum Gasteiger partial charge on any atom is -0.467 e. The third-order valence-electron chi connectivity index (χ3n) is 5.19. The smallest absolute Gasteiger partial charge is 0.317 e. The van der Waals surface area contributed by atoms with E-state index in [1.165, 1.54) is 6.07 Å². The summed E-state index contributed by atoms with van der Waals surface area (Å²) >= 11 is 0. The molecule has 1 saturated heterocycles. The minimum atomic E-state index is -0.355. The van der Waals surface area contributed by atoms with E-state index in [-0.39, 0.29) is 35.6 Å². The number of hydrogen-bond acceptors (Lipinski definition) is 3. The van der Waals surface area contributed by atoms with Crippen LogP contribution in [0.15, 0.2) is 41.0 Å². The van der Waals surface area contributed by atoms with Gasteiger partial charge in [-0.2, -0.15) is 0 Å². The first-order valence-corrected chi connectivity index (χ1v) is 9.95. The molecule has 1 aromatic carbocycles. The molecule has 1 aliphatic heterocycles. The van der Waals surface area contributed by atoms with E-state index in [0.717, 1.165) is 5.56 Å². The summed E-state index contributed by atoms with van der Waals surface area (Å²) in [5.41, 5.74) is 1.50. The zero-order chi connectivity index (χ0) is 21.0. The van der Waals surface area contributed by atoms with Crippen LogP contribution in [-0.4, -0.2) is 36.0 Å². The highest BCUT2D eigenvalue weighted by Gasteiger charge is 2.34. The van der Waals surface area contributed by atoms with Crippen molar-refractivity contribution in [2.45, 2.75) is 45.7 Å². The number of urea groups is 1. The van der Waals surface area contributed by atoms with E-state index in [1.807, 2.05) is 19.9 Å². The second kappa shape index (κ2) is 9.11. The van der Waals surface area contributed by atoms with Crippen LogP contribution in [0.5, 0.6) is 0 Å². The molecule has 156 valence electrons. The van der Waals surface area contributed by atoms with Gasteiger partial charge < -0.3 is 20.0 Å². The summed E-state index contributed by atoms with van der Waals surface area (Å²) in [4.78, 5) is 27.1. The van der Waals surface area contributed by atoms with Crippen molar-refractivity contribution in [1.29, 1.82) is 0 Å². The van der Waals surface area contributed by atoms with Gasteiger partial charge in [0.25, 0.3) is 0 Å². The molecule has 0 radical (unpaired) electrons. The lowest BCUT2D eigenvalue weighted by molar-refractivity contribution is -0.126. The topological polar surface area (TPSA) is 74.6 Å². The van der Waals surface area contributed by atoms with Crippen LogP contribution in [0.1, 0.15) is 43.1 Å². The molecule has 2 aromatic rings. The van der Waals surface area contributed by atoms with E-state index in [2.05, 4.69) is 10.6 Å². The van der Waals surface area contributed by atoms with Crippen LogP contribution in [0.4, 0.5) is 9.18 Å². The number of carbonyl (C=O) groups excluding carboxylic acids is 2. The van der Waals surface area contributed by atoms with Gasteiger partial charge >= 0.3 is 6.03 Å². The Kier molecular flexibility index (Phi) is 6.56. The predicted octanol–water partition coefficient (Wildman–Crippen LogP) is 3.57. The van der Waals surface area contributed by atoms with Gasteiger partial charge in [0.15, 0.2) is 0 Å². The number of furan rings is 1. The summed E-state index contributed by atoms with van der Waals surface area (Å²) < 4.78 is 19.0. The Bertz CT molecular complexity index is 851. The third kappa shape index (κ3) is 5.37. The summed E-state index contributed by atoms with van der Waals surface area (Å²) in [6, 6.07) is 8.38. The molecule has 29 heavy (non-hydrogen) atoms. The molecule has 7 heteroatoms. The van der Waals surface area contributed by atoms with Crippen molar-refractivity contribution in [1.82, 2.24) is 15.5 Å². The average molecular weight is 401 g/mol. The number of hydrogen-bond donors (Lipinski definition) is 2. The fourth-order valence-corrected chi connectivity index (χ4v) is 3.69. The summed E-state index contributed by atoms with van der Waals surface area (Å²) in [5, 5.41) is 5.80. The standard InChI is InChI=1S/C22H28FN3O3/c1-14(2)25-22(28)26-12-17(16-6-7-20(23)15(3)9-16)10-18(13-26)21(27)24-11-19-5-4-8-29-19/h4-9,14,17-18H,10-13H2,1-3H3,(H,24,27)(H,25,28)/t17-,18-/m1/s1. The van der Waals surface area contributed by atoms with Crippen LogP contribution in [0.2, 0.25) is 0 Å². The minimum absolute atomic E-state index is 0.00201. The van der Waals surface area contributed by atoms with E-state index in [4.69, 9.17) is 4.42 Å². The number of amides is 3. The first-order valence-electron chi connectivity index (χ1n) is 9.95. The molecule has 3 amide bonds. The maximum atomic E-state index is 13.7. The molecule has 0 aliphatic carbocycles. The first-order chi connectivity index (χ1) is 13.8. The highest BCUT2D eigenvalue weighted by Crippen LogP contribution is 2.31. The predicted molar refractivity (Wildman–Crippen MR) is 108 cm³/mol. The monoisotopic (exact) mass is 401 g/mol. The molecular weight excluding hydrogens is 373 g/mol. The van der Waals surface area contributed by atoms with Crippen molar-refractivity contribution in [3.8, 4) is 0 Å². The van der Waals surface area contributed by atoms with Crippen molar-refractivity contribution < 1.29 is 18.4 Å². The number of carbonyl (C=O) groups is 2. The van der Waals surface area contributed by atoms with Crippen molar-refractivity contribution in [2.24, 2.45) is 5.92 Å². The van der Waals surface area contributed by atoms with Gasteiger partial charge in [0.05, 0.1) is 18.7 Å². The van der Waals surface area contributed by atoms with Gasteiger partial charge in [0, 0.05) is 25.0 Å². The first kappa shape index (κ1) is 20.9. The van der Waals surface area contributed by atoms with Crippen LogP contribution >= 0.6 is 0 Å². The highest BCUT2D eigenvalue weighted by molar-refractivity contribution is 5.81. The molecule has 1 aliphatic rings. The second-order valence-corrected chi connectivity index (χ2v) is 7.94. The Hall–Kier alpha value is -2.83. The van der Waals surface area contributed by atoms with Gasteiger partial charge in [-0.3, -0.25) is 4.79 Å². The Labute approximate surface area is 170 Å². The van der Waals surface area contributed by atoms with Gasteiger partial charge in [-0.25, -0.2) is 9.18 Å².